The third kappa shape index (κ3) is 6.20. The van der Waals surface area contributed by atoms with Crippen molar-refractivity contribution in [3.05, 3.63) is 28.2 Å². The van der Waals surface area contributed by atoms with Crippen molar-refractivity contribution in [2.45, 2.75) is 19.3 Å². The summed E-state index contributed by atoms with van der Waals surface area (Å²) in [6.07, 6.45) is 3.60. The molecule has 0 spiro atoms. The number of hydrazone groups is 1. The monoisotopic (exact) mass is 338 g/mol. The molecule has 0 aliphatic rings. The van der Waals surface area contributed by atoms with Crippen molar-refractivity contribution < 1.29 is 9.53 Å². The fraction of sp³-hybridized carbons (Fsp3) is 0.308. The second-order valence-electron chi connectivity index (χ2n) is 3.88. The number of carbonyl (C=O) groups excluding carboxylic acids is 1. The zero-order valence-electron chi connectivity index (χ0n) is 10.8. The summed E-state index contributed by atoms with van der Waals surface area (Å²) in [6.45, 7) is 0.521. The van der Waals surface area contributed by atoms with Gasteiger partial charge in [-0.1, -0.05) is 15.9 Å². The van der Waals surface area contributed by atoms with Gasteiger partial charge in [0.05, 0.1) is 18.9 Å². The maximum atomic E-state index is 10.5. The van der Waals surface area contributed by atoms with Crippen molar-refractivity contribution >= 4 is 28.2 Å². The van der Waals surface area contributed by atoms with Gasteiger partial charge in [-0.15, -0.1) is 0 Å². The van der Waals surface area contributed by atoms with E-state index in [-0.39, 0.29) is 0 Å². The van der Waals surface area contributed by atoms with Crippen LogP contribution in [0.5, 0.6) is 5.75 Å². The largest absolute Gasteiger partial charge is 0.493 e. The van der Waals surface area contributed by atoms with Crippen molar-refractivity contribution in [3.63, 3.8) is 0 Å². The van der Waals surface area contributed by atoms with Crippen molar-refractivity contribution in [2.75, 3.05) is 6.61 Å². The quantitative estimate of drug-likeness (QED) is 0.453. The number of benzene rings is 1. The lowest BCUT2D eigenvalue weighted by molar-refractivity contribution is 0.249. The highest BCUT2D eigenvalue weighted by Crippen LogP contribution is 2.22. The van der Waals surface area contributed by atoms with E-state index in [1.54, 1.807) is 6.07 Å². The van der Waals surface area contributed by atoms with Gasteiger partial charge in [-0.3, -0.25) is 0 Å². The van der Waals surface area contributed by atoms with Crippen molar-refractivity contribution in [2.24, 2.45) is 10.8 Å². The summed E-state index contributed by atoms with van der Waals surface area (Å²) < 4.78 is 6.50. The Kier molecular flexibility index (Phi) is 7.14. The number of urea groups is 1. The van der Waals surface area contributed by atoms with E-state index in [0.717, 1.165) is 17.3 Å². The molecule has 1 aromatic carbocycles. The number of carbonyl (C=O) groups is 1. The first-order valence-electron chi connectivity index (χ1n) is 6.01. The Hall–Kier alpha value is -2.07. The van der Waals surface area contributed by atoms with Crippen molar-refractivity contribution in [3.8, 4) is 11.8 Å². The molecule has 0 heterocycles. The lowest BCUT2D eigenvalue weighted by Crippen LogP contribution is -2.24. The molecule has 1 rings (SSSR count). The number of nitriles is 1. The number of ether oxygens (including phenoxy) is 1. The molecular formula is C13H15BrN4O2. The summed E-state index contributed by atoms with van der Waals surface area (Å²) in [4.78, 5) is 10.5. The van der Waals surface area contributed by atoms with Gasteiger partial charge in [-0.05, 0) is 31.0 Å². The summed E-state index contributed by atoms with van der Waals surface area (Å²) >= 11 is 3.35. The standard InChI is InChI=1S/C13H15BrN4O2/c14-11-4-5-12(20-7-3-1-2-6-15)10(8-11)9-17-18-13(16)19/h4-5,8-9H,1-3,7H2,(H3,16,18,19). The van der Waals surface area contributed by atoms with Crippen LogP contribution in [0.1, 0.15) is 24.8 Å². The second kappa shape index (κ2) is 8.93. The molecule has 0 aliphatic heterocycles. The Morgan fingerprint density at radius 3 is 3.05 bits per heavy atom. The number of unbranched alkanes of at least 4 members (excludes halogenated alkanes) is 2. The molecule has 0 fully saturated rings. The third-order valence-electron chi connectivity index (χ3n) is 2.29. The van der Waals surface area contributed by atoms with E-state index in [1.807, 2.05) is 12.1 Å². The van der Waals surface area contributed by atoms with Gasteiger partial charge < -0.3 is 10.5 Å². The fourth-order valence-electron chi connectivity index (χ4n) is 1.41. The summed E-state index contributed by atoms with van der Waals surface area (Å²) in [6, 6.07) is 6.83. The van der Waals surface area contributed by atoms with Crippen LogP contribution in [-0.4, -0.2) is 18.9 Å². The van der Waals surface area contributed by atoms with Crippen LogP contribution in [0.3, 0.4) is 0 Å². The number of primary amides is 1. The first kappa shape index (κ1) is 16.0. The number of nitrogens with one attached hydrogen (secondary N) is 1. The van der Waals surface area contributed by atoms with Gasteiger partial charge in [-0.2, -0.15) is 10.4 Å². The van der Waals surface area contributed by atoms with Crippen LogP contribution in [0.2, 0.25) is 0 Å². The number of nitrogens with two attached hydrogens (primary N) is 1. The zero-order chi connectivity index (χ0) is 14.8. The van der Waals surface area contributed by atoms with E-state index in [1.165, 1.54) is 6.21 Å². The fourth-order valence-corrected chi connectivity index (χ4v) is 1.78. The van der Waals surface area contributed by atoms with Crippen LogP contribution < -0.4 is 15.9 Å². The third-order valence-corrected chi connectivity index (χ3v) is 2.78. The molecule has 0 aromatic heterocycles. The van der Waals surface area contributed by atoms with Gasteiger partial charge in [0.15, 0.2) is 0 Å². The molecule has 0 saturated carbocycles. The number of amides is 2. The van der Waals surface area contributed by atoms with Gasteiger partial charge >= 0.3 is 6.03 Å². The zero-order valence-corrected chi connectivity index (χ0v) is 12.4. The summed E-state index contributed by atoms with van der Waals surface area (Å²) in [5.41, 5.74) is 7.76. The van der Waals surface area contributed by atoms with Gasteiger partial charge in [0.1, 0.15) is 5.75 Å². The van der Waals surface area contributed by atoms with Crippen molar-refractivity contribution in [1.82, 2.24) is 5.43 Å². The molecule has 0 aliphatic carbocycles. The maximum Gasteiger partial charge on any atom is 0.332 e. The highest BCUT2D eigenvalue weighted by atomic mass is 79.9. The Bertz CT molecular complexity index is 526. The molecule has 7 heteroatoms. The number of nitrogens with zero attached hydrogens (tertiary/aromatic N) is 2. The van der Waals surface area contributed by atoms with E-state index in [0.29, 0.717) is 24.3 Å². The topological polar surface area (TPSA) is 100 Å². The molecule has 0 atom stereocenters. The number of halogens is 1. The summed E-state index contributed by atoms with van der Waals surface area (Å²) in [5.74, 6) is 0.653. The van der Waals surface area contributed by atoms with E-state index in [9.17, 15) is 4.79 Å². The molecule has 2 amide bonds. The highest BCUT2D eigenvalue weighted by Gasteiger charge is 2.03. The lowest BCUT2D eigenvalue weighted by atomic mass is 10.2. The Morgan fingerprint density at radius 2 is 2.35 bits per heavy atom. The molecule has 0 unspecified atom stereocenters. The van der Waals surface area contributed by atoms with Gasteiger partial charge in [0.25, 0.3) is 0 Å². The van der Waals surface area contributed by atoms with Gasteiger partial charge in [-0.25, -0.2) is 10.2 Å². The van der Waals surface area contributed by atoms with E-state index in [2.05, 4.69) is 32.5 Å². The van der Waals surface area contributed by atoms with Crippen LogP contribution >= 0.6 is 15.9 Å². The molecule has 0 radical (unpaired) electrons. The molecule has 20 heavy (non-hydrogen) atoms. The van der Waals surface area contributed by atoms with E-state index < -0.39 is 6.03 Å². The van der Waals surface area contributed by atoms with Crippen LogP contribution in [0.15, 0.2) is 27.8 Å². The van der Waals surface area contributed by atoms with Gasteiger partial charge in [0.2, 0.25) is 0 Å². The van der Waals surface area contributed by atoms with Crippen LogP contribution in [0.25, 0.3) is 0 Å². The predicted molar refractivity (Wildman–Crippen MR) is 79.4 cm³/mol. The SMILES string of the molecule is N#CCCCCOc1ccc(Br)cc1C=NNC(N)=O. The minimum absolute atomic E-state index is 0.521. The lowest BCUT2D eigenvalue weighted by Gasteiger charge is -2.09. The molecule has 0 bridgehead atoms. The number of rotatable bonds is 7. The Morgan fingerprint density at radius 1 is 1.55 bits per heavy atom. The van der Waals surface area contributed by atoms with Crippen molar-refractivity contribution in [1.29, 1.82) is 5.26 Å². The summed E-state index contributed by atoms with van der Waals surface area (Å²) in [5, 5.41) is 12.1. The number of hydrogen-bond donors (Lipinski definition) is 2. The summed E-state index contributed by atoms with van der Waals surface area (Å²) in [7, 11) is 0. The average Bonchev–Trinajstić information content (AvgIpc) is 2.40. The van der Waals surface area contributed by atoms with E-state index in [4.69, 9.17) is 15.7 Å². The Labute approximate surface area is 125 Å². The molecule has 3 N–H and O–H groups in total. The van der Waals surface area contributed by atoms with E-state index >= 15 is 0 Å². The average molecular weight is 339 g/mol. The maximum absolute atomic E-state index is 10.5. The minimum atomic E-state index is -0.727. The normalized spacial score (nSPS) is 10.2. The first-order valence-corrected chi connectivity index (χ1v) is 6.80. The van der Waals surface area contributed by atoms with Crippen LogP contribution in [-0.2, 0) is 0 Å². The molecule has 1 aromatic rings. The highest BCUT2D eigenvalue weighted by molar-refractivity contribution is 9.10. The predicted octanol–water partition coefficient (Wildman–Crippen LogP) is 2.52. The van der Waals surface area contributed by atoms with Gasteiger partial charge in [0, 0.05) is 16.5 Å². The molecule has 6 nitrogen and oxygen atoms in total. The number of hydrogen-bond acceptors (Lipinski definition) is 4. The Balaban J connectivity index is 2.62. The second-order valence-corrected chi connectivity index (χ2v) is 4.80. The first-order chi connectivity index (χ1) is 9.63. The minimum Gasteiger partial charge on any atom is -0.493 e. The van der Waals surface area contributed by atoms with Crippen LogP contribution in [0.4, 0.5) is 4.79 Å². The molecule has 106 valence electrons. The smallest absolute Gasteiger partial charge is 0.332 e. The molecular weight excluding hydrogens is 324 g/mol. The van der Waals surface area contributed by atoms with Crippen LogP contribution in [0, 0.1) is 11.3 Å². The molecule has 0 saturated heterocycles.